The summed E-state index contributed by atoms with van der Waals surface area (Å²) in [4.78, 5) is 0. The Morgan fingerprint density at radius 1 is 1.13 bits per heavy atom. The number of nitrogens with zero attached hydrogens (tertiary/aromatic N) is 1. The van der Waals surface area contributed by atoms with E-state index < -0.39 is 0 Å². The van der Waals surface area contributed by atoms with Gasteiger partial charge < -0.3 is 0 Å². The maximum atomic E-state index is 4.76. The highest BCUT2D eigenvalue weighted by Gasteiger charge is 2.19. The SMILES string of the molecule is CC(C)CCC(C)(C)[N]c1ccccc1. The van der Waals surface area contributed by atoms with Crippen molar-refractivity contribution in [2.45, 2.75) is 46.1 Å². The molecule has 0 fully saturated rings. The molecule has 1 aromatic rings. The molecule has 0 unspecified atom stereocenters. The lowest BCUT2D eigenvalue weighted by Crippen LogP contribution is -2.30. The summed E-state index contributed by atoms with van der Waals surface area (Å²) in [5.41, 5.74) is 1.15. The van der Waals surface area contributed by atoms with Crippen LogP contribution in [0.4, 0.5) is 5.69 Å². The Kier molecular flexibility index (Phi) is 4.19. The molecule has 0 N–H and O–H groups in total. The fourth-order valence-corrected chi connectivity index (χ4v) is 1.55. The maximum Gasteiger partial charge on any atom is 0.0580 e. The summed E-state index contributed by atoms with van der Waals surface area (Å²) in [6.45, 7) is 8.95. The lowest BCUT2D eigenvalue weighted by molar-refractivity contribution is 0.366. The highest BCUT2D eigenvalue weighted by Crippen LogP contribution is 2.21. The molecule has 0 saturated heterocycles. The molecule has 15 heavy (non-hydrogen) atoms. The molecule has 0 aromatic heterocycles. The van der Waals surface area contributed by atoms with Gasteiger partial charge in [-0.05, 0) is 44.7 Å². The van der Waals surface area contributed by atoms with E-state index in [4.69, 9.17) is 5.32 Å². The summed E-state index contributed by atoms with van der Waals surface area (Å²) in [5.74, 6) is 0.759. The zero-order valence-electron chi connectivity index (χ0n) is 10.3. The van der Waals surface area contributed by atoms with Gasteiger partial charge in [0.05, 0.1) is 11.2 Å². The molecule has 0 aliphatic heterocycles. The van der Waals surface area contributed by atoms with E-state index in [1.165, 1.54) is 6.42 Å². The molecule has 0 aliphatic rings. The molecule has 1 nitrogen and oxygen atoms in total. The molecule has 0 spiro atoms. The highest BCUT2D eigenvalue weighted by molar-refractivity contribution is 5.35. The first-order valence-electron chi connectivity index (χ1n) is 5.77. The van der Waals surface area contributed by atoms with E-state index in [9.17, 15) is 0 Å². The van der Waals surface area contributed by atoms with Crippen molar-refractivity contribution in [2.75, 3.05) is 0 Å². The Labute approximate surface area is 93.9 Å². The highest BCUT2D eigenvalue weighted by atomic mass is 15.0. The number of hydrogen-bond acceptors (Lipinski definition) is 0. The second-order valence-electron chi connectivity index (χ2n) is 5.19. The van der Waals surface area contributed by atoms with E-state index in [1.54, 1.807) is 0 Å². The zero-order chi connectivity index (χ0) is 11.3. The minimum Gasteiger partial charge on any atom is -0.279 e. The summed E-state index contributed by atoms with van der Waals surface area (Å²) in [6, 6.07) is 10.2. The van der Waals surface area contributed by atoms with Crippen LogP contribution >= 0.6 is 0 Å². The quantitative estimate of drug-likeness (QED) is 0.684. The monoisotopic (exact) mass is 204 g/mol. The molecule has 0 heterocycles. The van der Waals surface area contributed by atoms with Crippen LogP contribution < -0.4 is 5.32 Å². The van der Waals surface area contributed by atoms with Crippen molar-refractivity contribution in [1.82, 2.24) is 5.32 Å². The number of rotatable bonds is 5. The maximum absolute atomic E-state index is 4.76. The van der Waals surface area contributed by atoms with Crippen LogP contribution in [0.25, 0.3) is 0 Å². The molecule has 0 saturated carbocycles. The Morgan fingerprint density at radius 2 is 1.73 bits per heavy atom. The van der Waals surface area contributed by atoms with Crippen molar-refractivity contribution in [3.8, 4) is 0 Å². The molecule has 0 amide bonds. The van der Waals surface area contributed by atoms with Gasteiger partial charge in [0.25, 0.3) is 0 Å². The van der Waals surface area contributed by atoms with E-state index in [1.807, 2.05) is 18.2 Å². The lowest BCUT2D eigenvalue weighted by Gasteiger charge is -2.25. The van der Waals surface area contributed by atoms with Gasteiger partial charge in [-0.2, -0.15) is 0 Å². The van der Waals surface area contributed by atoms with E-state index in [-0.39, 0.29) is 5.54 Å². The standard InChI is InChI=1S/C14H22N/c1-12(2)10-11-14(3,4)15-13-8-6-5-7-9-13/h5-9,12H,10-11H2,1-4H3. The lowest BCUT2D eigenvalue weighted by atomic mass is 9.93. The third kappa shape index (κ3) is 4.87. The smallest absolute Gasteiger partial charge is 0.0580 e. The van der Waals surface area contributed by atoms with E-state index in [0.717, 1.165) is 18.0 Å². The van der Waals surface area contributed by atoms with Crippen LogP contribution in [0.5, 0.6) is 0 Å². The first-order valence-corrected chi connectivity index (χ1v) is 5.77. The average Bonchev–Trinajstić information content (AvgIpc) is 2.16. The molecule has 83 valence electrons. The molecular weight excluding hydrogens is 182 g/mol. The Bertz CT molecular complexity index is 275. The van der Waals surface area contributed by atoms with Gasteiger partial charge in [-0.3, -0.25) is 5.32 Å². The van der Waals surface area contributed by atoms with Crippen molar-refractivity contribution < 1.29 is 0 Å². The predicted octanol–water partition coefficient (Wildman–Crippen LogP) is 4.14. The van der Waals surface area contributed by atoms with Gasteiger partial charge in [-0.15, -0.1) is 0 Å². The molecular formula is C14H22N. The fraction of sp³-hybridized carbons (Fsp3) is 0.571. The van der Waals surface area contributed by atoms with Crippen LogP contribution in [0, 0.1) is 5.92 Å². The molecule has 1 aromatic carbocycles. The first-order chi connectivity index (χ1) is 6.99. The molecule has 0 aliphatic carbocycles. The van der Waals surface area contributed by atoms with Crippen LogP contribution in [0.2, 0.25) is 0 Å². The molecule has 1 radical (unpaired) electrons. The minimum atomic E-state index is 0.0611. The van der Waals surface area contributed by atoms with Crippen LogP contribution in [-0.2, 0) is 0 Å². The van der Waals surface area contributed by atoms with Gasteiger partial charge in [0, 0.05) is 0 Å². The van der Waals surface area contributed by atoms with Crippen LogP contribution in [0.3, 0.4) is 0 Å². The number of para-hydroxylation sites is 1. The van der Waals surface area contributed by atoms with Crippen molar-refractivity contribution in [1.29, 1.82) is 0 Å². The normalized spacial score (nSPS) is 11.8. The first kappa shape index (κ1) is 12.1. The zero-order valence-corrected chi connectivity index (χ0v) is 10.3. The summed E-state index contributed by atoms with van der Waals surface area (Å²) in [7, 11) is 0. The van der Waals surface area contributed by atoms with Crippen molar-refractivity contribution in [2.24, 2.45) is 5.92 Å². The molecule has 0 atom stereocenters. The summed E-state index contributed by atoms with van der Waals surface area (Å²) in [6.07, 6.45) is 2.39. The Balaban J connectivity index is 2.49. The van der Waals surface area contributed by atoms with Crippen molar-refractivity contribution in [3.05, 3.63) is 30.3 Å². The molecule has 1 heteroatoms. The van der Waals surface area contributed by atoms with E-state index in [2.05, 4.69) is 39.8 Å². The van der Waals surface area contributed by atoms with Crippen molar-refractivity contribution >= 4 is 5.69 Å². The largest absolute Gasteiger partial charge is 0.279 e. The molecule has 0 bridgehead atoms. The second kappa shape index (κ2) is 5.20. The van der Waals surface area contributed by atoms with Crippen LogP contribution in [-0.4, -0.2) is 5.54 Å². The minimum absolute atomic E-state index is 0.0611. The predicted molar refractivity (Wildman–Crippen MR) is 66.4 cm³/mol. The Morgan fingerprint density at radius 3 is 2.27 bits per heavy atom. The van der Waals surface area contributed by atoms with E-state index in [0.29, 0.717) is 0 Å². The van der Waals surface area contributed by atoms with Crippen LogP contribution in [0.15, 0.2) is 30.3 Å². The van der Waals surface area contributed by atoms with Gasteiger partial charge in [-0.1, -0.05) is 32.0 Å². The van der Waals surface area contributed by atoms with Gasteiger partial charge in [0.2, 0.25) is 0 Å². The fourth-order valence-electron chi connectivity index (χ4n) is 1.55. The van der Waals surface area contributed by atoms with Crippen LogP contribution in [0.1, 0.15) is 40.5 Å². The summed E-state index contributed by atoms with van der Waals surface area (Å²) >= 11 is 0. The van der Waals surface area contributed by atoms with Gasteiger partial charge in [0.1, 0.15) is 0 Å². The topological polar surface area (TPSA) is 14.1 Å². The Hall–Kier alpha value is -0.980. The second-order valence-corrected chi connectivity index (χ2v) is 5.19. The third-order valence-corrected chi connectivity index (χ3v) is 2.52. The third-order valence-electron chi connectivity index (χ3n) is 2.52. The number of benzene rings is 1. The average molecular weight is 204 g/mol. The number of hydrogen-bond donors (Lipinski definition) is 0. The summed E-state index contributed by atoms with van der Waals surface area (Å²) in [5, 5.41) is 4.76. The summed E-state index contributed by atoms with van der Waals surface area (Å²) < 4.78 is 0. The van der Waals surface area contributed by atoms with Gasteiger partial charge in [-0.25, -0.2) is 0 Å². The van der Waals surface area contributed by atoms with Gasteiger partial charge in [0.15, 0.2) is 0 Å². The van der Waals surface area contributed by atoms with Gasteiger partial charge >= 0.3 is 0 Å². The molecule has 1 rings (SSSR count). The van der Waals surface area contributed by atoms with Crippen molar-refractivity contribution in [3.63, 3.8) is 0 Å². The van der Waals surface area contributed by atoms with E-state index >= 15 is 0 Å².